The number of halogens is 1. The number of benzene rings is 1. The van der Waals surface area contributed by atoms with Gasteiger partial charge in [-0.1, -0.05) is 35.1 Å². The van der Waals surface area contributed by atoms with Crippen molar-refractivity contribution in [3.63, 3.8) is 0 Å². The molecule has 0 aliphatic carbocycles. The molecule has 1 aromatic heterocycles. The smallest absolute Gasteiger partial charge is 0.208 e. The lowest BCUT2D eigenvalue weighted by Gasteiger charge is -2.23. The number of rotatable bonds is 4. The summed E-state index contributed by atoms with van der Waals surface area (Å²) in [6, 6.07) is 8.69. The number of likely N-dealkylation sites (tertiary alicyclic amines) is 1. The summed E-state index contributed by atoms with van der Waals surface area (Å²) in [5, 5.41) is 11.7. The molecule has 0 N–H and O–H groups in total. The first-order valence-electron chi connectivity index (χ1n) is 8.34. The van der Waals surface area contributed by atoms with Crippen molar-refractivity contribution in [2.75, 3.05) is 31.1 Å². The summed E-state index contributed by atoms with van der Waals surface area (Å²) in [7, 11) is 0. The van der Waals surface area contributed by atoms with Gasteiger partial charge in [0.25, 0.3) is 0 Å². The third kappa shape index (κ3) is 3.52. The van der Waals surface area contributed by atoms with E-state index in [0.717, 1.165) is 34.7 Å². The van der Waals surface area contributed by atoms with E-state index in [1.807, 2.05) is 12.1 Å². The van der Waals surface area contributed by atoms with Gasteiger partial charge in [-0.05, 0) is 50.0 Å². The Labute approximate surface area is 146 Å². The molecular weight excluding hydrogens is 328 g/mol. The summed E-state index contributed by atoms with van der Waals surface area (Å²) >= 11 is 7.66. The molecule has 2 fully saturated rings. The van der Waals surface area contributed by atoms with Crippen LogP contribution in [0.25, 0.3) is 0 Å². The molecule has 23 heavy (non-hydrogen) atoms. The van der Waals surface area contributed by atoms with E-state index in [2.05, 4.69) is 32.1 Å². The topological polar surface area (TPSA) is 32.3 Å². The minimum absolute atomic E-state index is 0.709. The van der Waals surface area contributed by atoms with Crippen molar-refractivity contribution in [2.45, 2.75) is 31.7 Å². The molecule has 2 aliphatic heterocycles. The Kier molecular flexibility index (Phi) is 4.51. The lowest BCUT2D eigenvalue weighted by atomic mass is 10.2. The zero-order chi connectivity index (χ0) is 15.6. The van der Waals surface area contributed by atoms with Gasteiger partial charge < -0.3 is 4.90 Å². The molecule has 1 aromatic carbocycles. The summed E-state index contributed by atoms with van der Waals surface area (Å²) < 4.78 is 0. The summed E-state index contributed by atoms with van der Waals surface area (Å²) in [5.41, 5.74) is 1.23. The Hall–Kier alpha value is -1.17. The maximum Gasteiger partial charge on any atom is 0.208 e. The monoisotopic (exact) mass is 348 g/mol. The van der Waals surface area contributed by atoms with Gasteiger partial charge >= 0.3 is 0 Å². The van der Waals surface area contributed by atoms with Crippen LogP contribution in [-0.2, 0) is 6.42 Å². The summed E-state index contributed by atoms with van der Waals surface area (Å²) in [5.74, 6) is 0. The van der Waals surface area contributed by atoms with Gasteiger partial charge in [-0.15, -0.1) is 10.2 Å². The average molecular weight is 349 g/mol. The molecule has 0 spiro atoms. The predicted molar refractivity (Wildman–Crippen MR) is 95.6 cm³/mol. The Morgan fingerprint density at radius 1 is 1.09 bits per heavy atom. The molecule has 1 atom stereocenters. The van der Waals surface area contributed by atoms with E-state index in [9.17, 15) is 0 Å². The normalized spacial score (nSPS) is 22.1. The number of nitrogens with zero attached hydrogens (tertiary/aromatic N) is 4. The van der Waals surface area contributed by atoms with Crippen LogP contribution in [0.15, 0.2) is 24.3 Å². The van der Waals surface area contributed by atoms with E-state index in [4.69, 9.17) is 11.6 Å². The third-order valence-electron chi connectivity index (χ3n) is 4.82. The van der Waals surface area contributed by atoms with Crippen LogP contribution >= 0.6 is 22.9 Å². The van der Waals surface area contributed by atoms with E-state index in [-0.39, 0.29) is 0 Å². The molecule has 2 saturated heterocycles. The molecule has 0 radical (unpaired) electrons. The number of hydrogen-bond acceptors (Lipinski definition) is 5. The SMILES string of the molecule is Clc1ccc(Cc2nnc(N3CCC(N4CCCC4)C3)s2)cc1. The average Bonchev–Trinajstić information content (AvgIpc) is 3.30. The Morgan fingerprint density at radius 2 is 1.87 bits per heavy atom. The highest BCUT2D eigenvalue weighted by Crippen LogP contribution is 2.28. The molecule has 4 rings (SSSR count). The fourth-order valence-electron chi connectivity index (χ4n) is 3.54. The first-order chi connectivity index (χ1) is 11.3. The first kappa shape index (κ1) is 15.4. The first-order valence-corrected chi connectivity index (χ1v) is 9.53. The molecule has 0 saturated carbocycles. The van der Waals surface area contributed by atoms with Gasteiger partial charge in [0.1, 0.15) is 5.01 Å². The molecule has 0 bridgehead atoms. The lowest BCUT2D eigenvalue weighted by molar-refractivity contribution is 0.260. The van der Waals surface area contributed by atoms with Gasteiger partial charge in [0.2, 0.25) is 5.13 Å². The number of hydrogen-bond donors (Lipinski definition) is 0. The second-order valence-corrected chi connectivity index (χ2v) is 7.89. The quantitative estimate of drug-likeness (QED) is 0.847. The fourth-order valence-corrected chi connectivity index (χ4v) is 4.57. The minimum atomic E-state index is 0.709. The van der Waals surface area contributed by atoms with Crippen molar-refractivity contribution in [1.29, 1.82) is 0 Å². The molecule has 1 unspecified atom stereocenters. The van der Waals surface area contributed by atoms with Gasteiger partial charge in [0, 0.05) is 30.6 Å². The van der Waals surface area contributed by atoms with Crippen LogP contribution in [0.1, 0.15) is 29.8 Å². The maximum absolute atomic E-state index is 5.94. The van der Waals surface area contributed by atoms with Crippen LogP contribution in [0.4, 0.5) is 5.13 Å². The van der Waals surface area contributed by atoms with Crippen molar-refractivity contribution in [1.82, 2.24) is 15.1 Å². The zero-order valence-electron chi connectivity index (χ0n) is 13.1. The Balaban J connectivity index is 1.39. The summed E-state index contributed by atoms with van der Waals surface area (Å²) in [6.45, 7) is 4.76. The zero-order valence-corrected chi connectivity index (χ0v) is 14.7. The number of anilines is 1. The predicted octanol–water partition coefficient (Wildman–Crippen LogP) is 3.46. The second-order valence-electron chi connectivity index (χ2n) is 6.41. The van der Waals surface area contributed by atoms with Crippen molar-refractivity contribution in [3.05, 3.63) is 39.9 Å². The molecule has 2 aromatic rings. The highest BCUT2D eigenvalue weighted by atomic mass is 35.5. The molecule has 0 amide bonds. The van der Waals surface area contributed by atoms with Crippen molar-refractivity contribution >= 4 is 28.1 Å². The Bertz CT molecular complexity index is 651. The van der Waals surface area contributed by atoms with Crippen molar-refractivity contribution in [2.24, 2.45) is 0 Å². The van der Waals surface area contributed by atoms with Gasteiger partial charge in [0.15, 0.2) is 0 Å². The second kappa shape index (κ2) is 6.75. The van der Waals surface area contributed by atoms with Gasteiger partial charge in [-0.2, -0.15) is 0 Å². The Morgan fingerprint density at radius 3 is 2.65 bits per heavy atom. The summed E-state index contributed by atoms with van der Waals surface area (Å²) in [4.78, 5) is 5.06. The van der Waals surface area contributed by atoms with Gasteiger partial charge in [-0.3, -0.25) is 4.90 Å². The lowest BCUT2D eigenvalue weighted by Crippen LogP contribution is -2.35. The molecule has 122 valence electrons. The van der Waals surface area contributed by atoms with Crippen molar-refractivity contribution in [3.8, 4) is 0 Å². The van der Waals surface area contributed by atoms with Crippen LogP contribution in [-0.4, -0.2) is 47.3 Å². The standard InChI is InChI=1S/C17H21ClN4S/c18-14-5-3-13(4-6-14)11-16-19-20-17(23-16)22-10-7-15(12-22)21-8-1-2-9-21/h3-6,15H,1-2,7-12H2. The maximum atomic E-state index is 5.94. The van der Waals surface area contributed by atoms with E-state index < -0.39 is 0 Å². The van der Waals surface area contributed by atoms with Crippen LogP contribution in [0.2, 0.25) is 5.02 Å². The van der Waals surface area contributed by atoms with Gasteiger partial charge in [-0.25, -0.2) is 0 Å². The van der Waals surface area contributed by atoms with E-state index in [0.29, 0.717) is 6.04 Å². The number of aromatic nitrogens is 2. The fraction of sp³-hybridized carbons (Fsp3) is 0.529. The highest BCUT2D eigenvalue weighted by Gasteiger charge is 2.30. The van der Waals surface area contributed by atoms with Gasteiger partial charge in [0.05, 0.1) is 0 Å². The largest absolute Gasteiger partial charge is 0.345 e. The van der Waals surface area contributed by atoms with Crippen LogP contribution in [0, 0.1) is 0 Å². The molecule has 4 nitrogen and oxygen atoms in total. The molecule has 2 aliphatic rings. The highest BCUT2D eigenvalue weighted by molar-refractivity contribution is 7.15. The van der Waals surface area contributed by atoms with Crippen molar-refractivity contribution < 1.29 is 0 Å². The molecule has 3 heterocycles. The third-order valence-corrected chi connectivity index (χ3v) is 6.05. The molecule has 6 heteroatoms. The van der Waals surface area contributed by atoms with Crippen LogP contribution in [0.5, 0.6) is 0 Å². The van der Waals surface area contributed by atoms with E-state index in [1.54, 1.807) is 11.3 Å². The summed E-state index contributed by atoms with van der Waals surface area (Å²) in [6.07, 6.45) is 4.81. The minimum Gasteiger partial charge on any atom is -0.345 e. The van der Waals surface area contributed by atoms with Crippen LogP contribution < -0.4 is 4.90 Å². The van der Waals surface area contributed by atoms with E-state index >= 15 is 0 Å². The van der Waals surface area contributed by atoms with E-state index in [1.165, 1.54) is 37.9 Å². The molecular formula is C17H21ClN4S. The van der Waals surface area contributed by atoms with Crippen LogP contribution in [0.3, 0.4) is 0 Å².